The van der Waals surface area contributed by atoms with Crippen LogP contribution in [0.1, 0.15) is 29.8 Å². The lowest BCUT2D eigenvalue weighted by Gasteiger charge is -2.16. The number of halogens is 3. The molecule has 0 saturated carbocycles. The SMILES string of the molecule is COc1ccc(CN[C@H](C)c2ccccc2)cc1-c1ccc2c(c1)cc(C(F)(F)F)n2C. The minimum atomic E-state index is -4.40. The maximum atomic E-state index is 13.3. The summed E-state index contributed by atoms with van der Waals surface area (Å²) in [6, 6.07) is 22.8. The van der Waals surface area contributed by atoms with Gasteiger partial charge in [-0.3, -0.25) is 0 Å². The smallest absolute Gasteiger partial charge is 0.431 e. The van der Waals surface area contributed by atoms with Gasteiger partial charge in [0.05, 0.1) is 7.11 Å². The lowest BCUT2D eigenvalue weighted by atomic mass is 10.00. The van der Waals surface area contributed by atoms with E-state index in [4.69, 9.17) is 4.74 Å². The van der Waals surface area contributed by atoms with Gasteiger partial charge in [0.1, 0.15) is 11.4 Å². The van der Waals surface area contributed by atoms with Crippen LogP contribution in [0.15, 0.2) is 72.8 Å². The molecule has 0 unspecified atom stereocenters. The molecule has 4 aromatic rings. The van der Waals surface area contributed by atoms with Gasteiger partial charge in [-0.05, 0) is 53.9 Å². The quantitative estimate of drug-likeness (QED) is 0.362. The van der Waals surface area contributed by atoms with Crippen molar-refractivity contribution >= 4 is 10.9 Å². The van der Waals surface area contributed by atoms with E-state index in [0.717, 1.165) is 16.7 Å². The van der Waals surface area contributed by atoms with Gasteiger partial charge in [0.2, 0.25) is 0 Å². The Morgan fingerprint density at radius 3 is 2.41 bits per heavy atom. The molecule has 1 heterocycles. The van der Waals surface area contributed by atoms with Gasteiger partial charge in [-0.25, -0.2) is 0 Å². The summed E-state index contributed by atoms with van der Waals surface area (Å²) in [4.78, 5) is 0. The second kappa shape index (κ2) is 8.71. The summed E-state index contributed by atoms with van der Waals surface area (Å²) in [5.41, 5.74) is 3.80. The van der Waals surface area contributed by atoms with Gasteiger partial charge in [0.15, 0.2) is 0 Å². The summed E-state index contributed by atoms with van der Waals surface area (Å²) in [6.07, 6.45) is -4.40. The number of hydrogen-bond donors (Lipinski definition) is 1. The Morgan fingerprint density at radius 1 is 0.969 bits per heavy atom. The summed E-state index contributed by atoms with van der Waals surface area (Å²) in [7, 11) is 3.03. The van der Waals surface area contributed by atoms with Gasteiger partial charge < -0.3 is 14.6 Å². The minimum Gasteiger partial charge on any atom is -0.496 e. The number of rotatable bonds is 6. The maximum absolute atomic E-state index is 13.3. The molecule has 4 rings (SSSR count). The van der Waals surface area contributed by atoms with E-state index < -0.39 is 11.9 Å². The fourth-order valence-corrected chi connectivity index (χ4v) is 4.01. The topological polar surface area (TPSA) is 26.2 Å². The number of aromatic nitrogens is 1. The molecule has 0 fully saturated rings. The van der Waals surface area contributed by atoms with Crippen molar-refractivity contribution in [2.45, 2.75) is 25.7 Å². The highest BCUT2D eigenvalue weighted by atomic mass is 19.4. The number of nitrogens with one attached hydrogen (secondary N) is 1. The van der Waals surface area contributed by atoms with Crippen LogP contribution in [0.5, 0.6) is 5.75 Å². The highest BCUT2D eigenvalue weighted by molar-refractivity contribution is 5.88. The molecule has 0 spiro atoms. The van der Waals surface area contributed by atoms with Gasteiger partial charge in [0, 0.05) is 36.1 Å². The van der Waals surface area contributed by atoms with Crippen molar-refractivity contribution in [2.75, 3.05) is 7.11 Å². The lowest BCUT2D eigenvalue weighted by molar-refractivity contribution is -0.142. The molecule has 0 aliphatic rings. The molecule has 32 heavy (non-hydrogen) atoms. The average Bonchev–Trinajstić information content (AvgIpc) is 3.14. The van der Waals surface area contributed by atoms with E-state index in [1.54, 1.807) is 19.2 Å². The molecule has 1 N–H and O–H groups in total. The van der Waals surface area contributed by atoms with Gasteiger partial charge in [-0.1, -0.05) is 42.5 Å². The number of ether oxygens (including phenoxy) is 1. The molecule has 6 heteroatoms. The van der Waals surface area contributed by atoms with E-state index in [1.165, 1.54) is 23.2 Å². The van der Waals surface area contributed by atoms with Crippen molar-refractivity contribution in [2.24, 2.45) is 7.05 Å². The second-order valence-electron chi connectivity index (χ2n) is 7.91. The van der Waals surface area contributed by atoms with Crippen LogP contribution >= 0.6 is 0 Å². The maximum Gasteiger partial charge on any atom is 0.431 e. The van der Waals surface area contributed by atoms with Crippen LogP contribution in [-0.2, 0) is 19.8 Å². The standard InChI is InChI=1S/C26H25F3N2O/c1-17(19-7-5-4-6-8-19)30-16-18-9-12-24(32-3)22(13-18)20-10-11-23-21(14-20)15-25(31(23)2)26(27,28)29/h4-15,17,30H,16H2,1-3H3/t17-/m1/s1. The van der Waals surface area contributed by atoms with Gasteiger partial charge in [0.25, 0.3) is 0 Å². The molecular formula is C26H25F3N2O. The van der Waals surface area contributed by atoms with E-state index in [1.807, 2.05) is 42.5 Å². The van der Waals surface area contributed by atoms with Crippen molar-refractivity contribution in [1.29, 1.82) is 0 Å². The van der Waals surface area contributed by atoms with Crippen molar-refractivity contribution in [1.82, 2.24) is 9.88 Å². The van der Waals surface area contributed by atoms with Crippen molar-refractivity contribution in [3.8, 4) is 16.9 Å². The summed E-state index contributed by atoms with van der Waals surface area (Å²) in [6.45, 7) is 2.76. The van der Waals surface area contributed by atoms with Crippen molar-refractivity contribution < 1.29 is 17.9 Å². The van der Waals surface area contributed by atoms with E-state index in [9.17, 15) is 13.2 Å². The van der Waals surface area contributed by atoms with Gasteiger partial charge in [-0.2, -0.15) is 13.2 Å². The number of nitrogens with zero attached hydrogens (tertiary/aromatic N) is 1. The molecule has 1 aromatic heterocycles. The first-order valence-corrected chi connectivity index (χ1v) is 10.4. The molecule has 3 nitrogen and oxygen atoms in total. The zero-order valence-electron chi connectivity index (χ0n) is 18.2. The van der Waals surface area contributed by atoms with E-state index in [2.05, 4.69) is 24.4 Å². The first-order chi connectivity index (χ1) is 15.3. The van der Waals surface area contributed by atoms with Crippen LogP contribution in [0, 0.1) is 0 Å². The van der Waals surface area contributed by atoms with E-state index in [-0.39, 0.29) is 6.04 Å². The summed E-state index contributed by atoms with van der Waals surface area (Å²) in [5, 5.41) is 4.06. The highest BCUT2D eigenvalue weighted by Crippen LogP contribution is 2.37. The van der Waals surface area contributed by atoms with Crippen LogP contribution in [0.3, 0.4) is 0 Å². The number of hydrogen-bond acceptors (Lipinski definition) is 2. The monoisotopic (exact) mass is 438 g/mol. The van der Waals surface area contributed by atoms with Gasteiger partial charge in [-0.15, -0.1) is 0 Å². The molecule has 0 bridgehead atoms. The molecule has 0 aliphatic carbocycles. The fourth-order valence-electron chi connectivity index (χ4n) is 4.01. The first kappa shape index (κ1) is 22.0. The molecule has 0 amide bonds. The average molecular weight is 438 g/mol. The third-order valence-electron chi connectivity index (χ3n) is 5.82. The minimum absolute atomic E-state index is 0.184. The predicted molar refractivity (Wildman–Crippen MR) is 122 cm³/mol. The van der Waals surface area contributed by atoms with Crippen LogP contribution in [0.4, 0.5) is 13.2 Å². The molecule has 1 atom stereocenters. The zero-order chi connectivity index (χ0) is 22.9. The Kier molecular flexibility index (Phi) is 5.98. The molecule has 0 saturated heterocycles. The normalized spacial score (nSPS) is 12.8. The Labute approximate surface area is 185 Å². The summed E-state index contributed by atoms with van der Waals surface area (Å²) >= 11 is 0. The summed E-state index contributed by atoms with van der Waals surface area (Å²) in [5.74, 6) is 0.677. The van der Waals surface area contributed by atoms with Crippen LogP contribution in [0.25, 0.3) is 22.0 Å². The van der Waals surface area contributed by atoms with Crippen LogP contribution in [0.2, 0.25) is 0 Å². The van der Waals surface area contributed by atoms with Crippen LogP contribution < -0.4 is 10.1 Å². The number of methoxy groups -OCH3 is 1. The second-order valence-corrected chi connectivity index (χ2v) is 7.91. The molecule has 0 radical (unpaired) electrons. The van der Waals surface area contributed by atoms with Crippen molar-refractivity contribution in [3.63, 3.8) is 0 Å². The lowest BCUT2D eigenvalue weighted by Crippen LogP contribution is -2.18. The Bertz CT molecular complexity index is 1230. The largest absolute Gasteiger partial charge is 0.496 e. The zero-order valence-corrected chi connectivity index (χ0v) is 18.2. The molecule has 0 aliphatic heterocycles. The van der Waals surface area contributed by atoms with Gasteiger partial charge >= 0.3 is 6.18 Å². The van der Waals surface area contributed by atoms with Crippen molar-refractivity contribution in [3.05, 3.63) is 89.6 Å². The number of benzene rings is 3. The molecular weight excluding hydrogens is 413 g/mol. The van der Waals surface area contributed by atoms with Crippen LogP contribution in [-0.4, -0.2) is 11.7 Å². The third-order valence-corrected chi connectivity index (χ3v) is 5.82. The number of aryl methyl sites for hydroxylation is 1. The Balaban J connectivity index is 1.64. The molecule has 3 aromatic carbocycles. The Morgan fingerprint density at radius 2 is 1.72 bits per heavy atom. The number of alkyl halides is 3. The molecule has 166 valence electrons. The predicted octanol–water partition coefficient (Wildman–Crippen LogP) is 6.72. The fraction of sp³-hybridized carbons (Fsp3) is 0.231. The summed E-state index contributed by atoms with van der Waals surface area (Å²) < 4.78 is 46.6. The van der Waals surface area contributed by atoms with E-state index in [0.29, 0.717) is 23.2 Å². The Hall–Kier alpha value is -3.25. The number of fused-ring (bicyclic) bond motifs is 1. The third kappa shape index (κ3) is 4.36. The highest BCUT2D eigenvalue weighted by Gasteiger charge is 2.34. The first-order valence-electron chi connectivity index (χ1n) is 10.4. The van der Waals surface area contributed by atoms with E-state index >= 15 is 0 Å².